The molecule has 2 aromatic rings. The molecule has 0 unspecified atom stereocenters. The predicted molar refractivity (Wildman–Crippen MR) is 99.6 cm³/mol. The Morgan fingerprint density at radius 2 is 1.69 bits per heavy atom. The van der Waals surface area contributed by atoms with Crippen molar-refractivity contribution in [1.29, 1.82) is 0 Å². The second-order valence-corrected chi connectivity index (χ2v) is 6.10. The van der Waals surface area contributed by atoms with Crippen LogP contribution in [-0.4, -0.2) is 23.8 Å². The van der Waals surface area contributed by atoms with Gasteiger partial charge in [-0.05, 0) is 48.7 Å². The van der Waals surface area contributed by atoms with E-state index in [9.17, 15) is 14.4 Å². The van der Waals surface area contributed by atoms with Crippen molar-refractivity contribution in [3.05, 3.63) is 71.3 Å². The molecule has 0 spiro atoms. The fourth-order valence-electron chi connectivity index (χ4n) is 2.40. The smallest absolute Gasteiger partial charge is 0.251 e. The maximum atomic E-state index is 12.0. The number of rotatable bonds is 6. The maximum absolute atomic E-state index is 12.0. The van der Waals surface area contributed by atoms with Gasteiger partial charge in [-0.1, -0.05) is 24.3 Å². The summed E-state index contributed by atoms with van der Waals surface area (Å²) in [5, 5.41) is 5.55. The van der Waals surface area contributed by atoms with E-state index >= 15 is 0 Å². The Labute approximate surface area is 151 Å². The van der Waals surface area contributed by atoms with Gasteiger partial charge in [0.05, 0.1) is 11.3 Å². The summed E-state index contributed by atoms with van der Waals surface area (Å²) < 4.78 is 0. The Morgan fingerprint density at radius 1 is 1.00 bits per heavy atom. The monoisotopic (exact) mass is 349 g/mol. The highest BCUT2D eigenvalue weighted by Gasteiger charge is 2.23. The van der Waals surface area contributed by atoms with Crippen molar-refractivity contribution in [2.75, 3.05) is 5.32 Å². The third-order valence-electron chi connectivity index (χ3n) is 3.96. The first-order valence-electron chi connectivity index (χ1n) is 8.32. The van der Waals surface area contributed by atoms with E-state index in [-0.39, 0.29) is 17.4 Å². The summed E-state index contributed by atoms with van der Waals surface area (Å²) >= 11 is 0. The Balaban J connectivity index is 1.61. The Bertz CT molecular complexity index is 868. The molecule has 3 amide bonds. The third-order valence-corrected chi connectivity index (χ3v) is 3.96. The summed E-state index contributed by atoms with van der Waals surface area (Å²) in [5.41, 5.74) is 7.28. The Morgan fingerprint density at radius 3 is 2.35 bits per heavy atom. The van der Waals surface area contributed by atoms with E-state index in [0.29, 0.717) is 17.3 Å². The van der Waals surface area contributed by atoms with E-state index in [4.69, 9.17) is 5.73 Å². The average Bonchev–Trinajstić information content (AvgIpc) is 3.44. The highest BCUT2D eigenvalue weighted by atomic mass is 16.2. The van der Waals surface area contributed by atoms with Gasteiger partial charge in [0.1, 0.15) is 0 Å². The molecule has 6 nitrogen and oxygen atoms in total. The lowest BCUT2D eigenvalue weighted by Gasteiger charge is -2.06. The summed E-state index contributed by atoms with van der Waals surface area (Å²) in [7, 11) is 0. The molecule has 2 aromatic carbocycles. The molecule has 0 atom stereocenters. The van der Waals surface area contributed by atoms with Crippen LogP contribution >= 0.6 is 0 Å². The number of para-hydroxylation sites is 1. The van der Waals surface area contributed by atoms with Gasteiger partial charge in [-0.3, -0.25) is 14.4 Å². The molecule has 6 heteroatoms. The molecule has 0 aromatic heterocycles. The zero-order valence-corrected chi connectivity index (χ0v) is 14.1. The standard InChI is InChI=1S/C20H19N3O3/c21-19(25)16-3-1-2-4-17(16)23-18(24)12-7-13-5-8-14(9-6-13)20(26)22-15-10-11-15/h1-9,12,15H,10-11H2,(H2,21,25)(H,22,26)(H,23,24)/b12-7+. The van der Waals surface area contributed by atoms with Crippen LogP contribution in [0.3, 0.4) is 0 Å². The van der Waals surface area contributed by atoms with Crippen molar-refractivity contribution < 1.29 is 14.4 Å². The molecule has 1 aliphatic carbocycles. The van der Waals surface area contributed by atoms with E-state index in [1.807, 2.05) is 0 Å². The lowest BCUT2D eigenvalue weighted by atomic mass is 10.1. The molecule has 0 saturated heterocycles. The number of anilines is 1. The van der Waals surface area contributed by atoms with Crippen LogP contribution in [0.4, 0.5) is 5.69 Å². The number of hydrogen-bond donors (Lipinski definition) is 3. The zero-order chi connectivity index (χ0) is 18.5. The first-order chi connectivity index (χ1) is 12.5. The highest BCUT2D eigenvalue weighted by Crippen LogP contribution is 2.19. The number of hydrogen-bond acceptors (Lipinski definition) is 3. The van der Waals surface area contributed by atoms with Crippen LogP contribution in [0.1, 0.15) is 39.1 Å². The summed E-state index contributed by atoms with van der Waals surface area (Å²) in [5.74, 6) is -1.07. The highest BCUT2D eigenvalue weighted by molar-refractivity contribution is 6.07. The van der Waals surface area contributed by atoms with Gasteiger partial charge in [0.2, 0.25) is 5.91 Å². The number of carbonyl (C=O) groups is 3. The number of nitrogens with two attached hydrogens (primary N) is 1. The summed E-state index contributed by atoms with van der Waals surface area (Å²) in [4.78, 5) is 35.3. The molecular weight excluding hydrogens is 330 g/mol. The van der Waals surface area contributed by atoms with Gasteiger partial charge in [0.15, 0.2) is 0 Å². The van der Waals surface area contributed by atoms with Crippen LogP contribution in [0.25, 0.3) is 6.08 Å². The fraction of sp³-hybridized carbons (Fsp3) is 0.150. The van der Waals surface area contributed by atoms with Crippen molar-refractivity contribution in [2.45, 2.75) is 18.9 Å². The average molecular weight is 349 g/mol. The van der Waals surface area contributed by atoms with Gasteiger partial charge in [-0.15, -0.1) is 0 Å². The molecule has 1 aliphatic rings. The molecule has 0 bridgehead atoms. The quantitative estimate of drug-likeness (QED) is 0.698. The Hall–Kier alpha value is -3.41. The second-order valence-electron chi connectivity index (χ2n) is 6.10. The first kappa shape index (κ1) is 17.4. The SMILES string of the molecule is NC(=O)c1ccccc1NC(=O)/C=C/c1ccc(C(=O)NC2CC2)cc1. The van der Waals surface area contributed by atoms with Gasteiger partial charge in [-0.2, -0.15) is 0 Å². The minimum Gasteiger partial charge on any atom is -0.366 e. The van der Waals surface area contributed by atoms with Crippen LogP contribution in [0.5, 0.6) is 0 Å². The number of nitrogens with one attached hydrogen (secondary N) is 2. The van der Waals surface area contributed by atoms with Crippen LogP contribution in [0.2, 0.25) is 0 Å². The van der Waals surface area contributed by atoms with E-state index in [1.165, 1.54) is 6.08 Å². The van der Waals surface area contributed by atoms with Crippen LogP contribution < -0.4 is 16.4 Å². The summed E-state index contributed by atoms with van der Waals surface area (Å²) in [6.07, 6.45) is 5.07. The molecule has 1 fully saturated rings. The predicted octanol–water partition coefficient (Wildman–Crippen LogP) is 2.33. The Kier molecular flexibility index (Phi) is 5.12. The molecule has 0 radical (unpaired) electrons. The fourth-order valence-corrected chi connectivity index (χ4v) is 2.40. The largest absolute Gasteiger partial charge is 0.366 e. The topological polar surface area (TPSA) is 101 Å². The minimum atomic E-state index is -0.607. The van der Waals surface area contributed by atoms with Crippen LogP contribution in [-0.2, 0) is 4.79 Å². The summed E-state index contributed by atoms with van der Waals surface area (Å²) in [6, 6.07) is 13.8. The van der Waals surface area contributed by atoms with Gasteiger partial charge in [-0.25, -0.2) is 0 Å². The maximum Gasteiger partial charge on any atom is 0.251 e. The number of amides is 3. The van der Waals surface area contributed by atoms with Gasteiger partial charge < -0.3 is 16.4 Å². The van der Waals surface area contributed by atoms with Gasteiger partial charge in [0, 0.05) is 17.7 Å². The third kappa shape index (κ3) is 4.57. The number of benzene rings is 2. The summed E-state index contributed by atoms with van der Waals surface area (Å²) in [6.45, 7) is 0. The van der Waals surface area contributed by atoms with E-state index in [1.54, 1.807) is 54.6 Å². The van der Waals surface area contributed by atoms with E-state index in [0.717, 1.165) is 18.4 Å². The lowest BCUT2D eigenvalue weighted by Crippen LogP contribution is -2.25. The minimum absolute atomic E-state index is 0.0798. The molecule has 0 heterocycles. The lowest BCUT2D eigenvalue weighted by molar-refractivity contribution is -0.111. The first-order valence-corrected chi connectivity index (χ1v) is 8.32. The molecule has 3 rings (SSSR count). The number of primary amides is 1. The molecule has 0 aliphatic heterocycles. The van der Waals surface area contributed by atoms with E-state index < -0.39 is 5.91 Å². The van der Waals surface area contributed by atoms with Gasteiger partial charge in [0.25, 0.3) is 11.8 Å². The normalized spacial score (nSPS) is 13.4. The second kappa shape index (κ2) is 7.65. The molecule has 4 N–H and O–H groups in total. The molecule has 1 saturated carbocycles. The number of carbonyl (C=O) groups excluding carboxylic acids is 3. The van der Waals surface area contributed by atoms with Crippen molar-refractivity contribution >= 4 is 29.5 Å². The van der Waals surface area contributed by atoms with Crippen molar-refractivity contribution in [1.82, 2.24) is 5.32 Å². The van der Waals surface area contributed by atoms with Crippen molar-refractivity contribution in [3.8, 4) is 0 Å². The molecule has 132 valence electrons. The zero-order valence-electron chi connectivity index (χ0n) is 14.1. The molecular formula is C20H19N3O3. The van der Waals surface area contributed by atoms with Crippen molar-refractivity contribution in [2.24, 2.45) is 5.73 Å². The van der Waals surface area contributed by atoms with Crippen LogP contribution in [0, 0.1) is 0 Å². The molecule has 26 heavy (non-hydrogen) atoms. The van der Waals surface area contributed by atoms with Gasteiger partial charge >= 0.3 is 0 Å². The van der Waals surface area contributed by atoms with E-state index in [2.05, 4.69) is 10.6 Å². The van der Waals surface area contributed by atoms with Crippen molar-refractivity contribution in [3.63, 3.8) is 0 Å². The van der Waals surface area contributed by atoms with Crippen LogP contribution in [0.15, 0.2) is 54.6 Å².